The van der Waals surface area contributed by atoms with E-state index < -0.39 is 0 Å². The average molecular weight is 125 g/mol. The lowest BCUT2D eigenvalue weighted by molar-refractivity contribution is 0.486. The molecule has 0 amide bonds. The number of nitrogens with zero attached hydrogens (tertiary/aromatic N) is 2. The molecule has 1 rings (SSSR count). The van der Waals surface area contributed by atoms with Crippen LogP contribution in [0.5, 0.6) is 0 Å². The Bertz CT molecular complexity index is 171. The van der Waals surface area contributed by atoms with Gasteiger partial charge in [0.25, 0.3) is 0 Å². The molecule has 0 atom stereocenters. The zero-order valence-electron chi connectivity index (χ0n) is 5.97. The van der Waals surface area contributed by atoms with Gasteiger partial charge in [-0.3, -0.25) is 9.58 Å². The van der Waals surface area contributed by atoms with Crippen molar-refractivity contribution < 1.29 is 0 Å². The first kappa shape index (κ1) is 6.29. The van der Waals surface area contributed by atoms with E-state index in [2.05, 4.69) is 37.5 Å². The molecule has 9 heavy (non-hydrogen) atoms. The van der Waals surface area contributed by atoms with Gasteiger partial charge in [-0.25, -0.2) is 0 Å². The Labute approximate surface area is 54.9 Å². The molecule has 3 heteroatoms. The van der Waals surface area contributed by atoms with Gasteiger partial charge in [0.2, 0.25) is 0 Å². The predicted octanol–water partition coefficient (Wildman–Crippen LogP) is 0.407. The molecular weight excluding hydrogens is 114 g/mol. The molecule has 3 nitrogen and oxygen atoms in total. The van der Waals surface area contributed by atoms with Gasteiger partial charge in [-0.05, 0) is 0 Å². The number of nitrogens with one attached hydrogen (secondary N) is 1. The van der Waals surface area contributed by atoms with Crippen molar-refractivity contribution in [1.82, 2.24) is 14.7 Å². The van der Waals surface area contributed by atoms with Crippen LogP contribution in [-0.4, -0.2) is 31.3 Å². The quantitative estimate of drug-likeness (QED) is 0.541. The minimum atomic E-state index is 0.760. The SMILES string of the molecule is C[N+](C)(C)c1[c][nH]nc1. The molecule has 0 unspecified atom stereocenters. The Balaban J connectivity index is 2.90. The molecule has 0 saturated carbocycles. The standard InChI is InChI=1S/C6H11N3/c1-9(2,3)6-4-7-8-5-6/h4H,1-3H3,(H,7,8)/q+1. The van der Waals surface area contributed by atoms with Crippen LogP contribution in [0, 0.1) is 6.20 Å². The van der Waals surface area contributed by atoms with Crippen molar-refractivity contribution >= 4 is 5.69 Å². The molecule has 0 aliphatic heterocycles. The Morgan fingerprint density at radius 1 is 1.56 bits per heavy atom. The third-order valence-corrected chi connectivity index (χ3v) is 1.16. The summed E-state index contributed by atoms with van der Waals surface area (Å²) in [6.07, 6.45) is 4.69. The first-order chi connectivity index (χ1) is 4.11. The third-order valence-electron chi connectivity index (χ3n) is 1.16. The Morgan fingerprint density at radius 3 is 2.44 bits per heavy atom. The summed E-state index contributed by atoms with van der Waals surface area (Å²) in [6.45, 7) is 0. The number of aromatic amines is 1. The summed E-state index contributed by atoms with van der Waals surface area (Å²) in [7, 11) is 6.21. The summed E-state index contributed by atoms with van der Waals surface area (Å²) >= 11 is 0. The zero-order valence-corrected chi connectivity index (χ0v) is 5.97. The van der Waals surface area contributed by atoms with Crippen molar-refractivity contribution in [2.75, 3.05) is 21.1 Å². The van der Waals surface area contributed by atoms with Crippen LogP contribution in [0.3, 0.4) is 0 Å². The molecule has 0 aliphatic rings. The molecule has 0 aromatic carbocycles. The lowest BCUT2D eigenvalue weighted by Crippen LogP contribution is -2.34. The molecule has 1 N–H and O–H groups in total. The van der Waals surface area contributed by atoms with Crippen molar-refractivity contribution in [3.8, 4) is 0 Å². The van der Waals surface area contributed by atoms with Gasteiger partial charge >= 0.3 is 0 Å². The lowest BCUT2D eigenvalue weighted by atomic mass is 10.5. The molecule has 0 bridgehead atoms. The summed E-state index contributed by atoms with van der Waals surface area (Å²) in [5.41, 5.74) is 1.06. The van der Waals surface area contributed by atoms with Gasteiger partial charge < -0.3 is 0 Å². The number of quaternary nitrogens is 1. The molecule has 1 heterocycles. The smallest absolute Gasteiger partial charge is 0.180 e. The van der Waals surface area contributed by atoms with Crippen LogP contribution < -0.4 is 4.48 Å². The number of rotatable bonds is 1. The second-order valence-electron chi connectivity index (χ2n) is 2.89. The number of hydrogen-bond acceptors (Lipinski definition) is 1. The highest BCUT2D eigenvalue weighted by Crippen LogP contribution is 2.10. The second-order valence-corrected chi connectivity index (χ2v) is 2.89. The van der Waals surface area contributed by atoms with Crippen LogP contribution in [0.25, 0.3) is 0 Å². The first-order valence-corrected chi connectivity index (χ1v) is 2.84. The van der Waals surface area contributed by atoms with E-state index in [9.17, 15) is 0 Å². The minimum Gasteiger partial charge on any atom is -0.295 e. The molecule has 0 saturated heterocycles. The Hall–Kier alpha value is -0.830. The molecule has 0 aliphatic carbocycles. The van der Waals surface area contributed by atoms with Gasteiger partial charge in [-0.15, -0.1) is 0 Å². The molecule has 49 valence electrons. The third kappa shape index (κ3) is 1.29. The van der Waals surface area contributed by atoms with Gasteiger partial charge in [0, 0.05) is 0 Å². The van der Waals surface area contributed by atoms with Gasteiger partial charge in [0.1, 0.15) is 6.20 Å². The van der Waals surface area contributed by atoms with Crippen LogP contribution in [0.15, 0.2) is 6.20 Å². The maximum Gasteiger partial charge on any atom is 0.180 e. The van der Waals surface area contributed by atoms with Crippen LogP contribution in [0.1, 0.15) is 0 Å². The monoisotopic (exact) mass is 125 g/mol. The first-order valence-electron chi connectivity index (χ1n) is 2.84. The summed E-state index contributed by atoms with van der Waals surface area (Å²) in [4.78, 5) is 0. The van der Waals surface area contributed by atoms with Crippen molar-refractivity contribution in [2.24, 2.45) is 0 Å². The van der Waals surface area contributed by atoms with Crippen LogP contribution >= 0.6 is 0 Å². The predicted molar refractivity (Wildman–Crippen MR) is 37.0 cm³/mol. The van der Waals surface area contributed by atoms with E-state index in [1.807, 2.05) is 0 Å². The second kappa shape index (κ2) is 1.84. The average Bonchev–Trinajstić information content (AvgIpc) is 2.08. The van der Waals surface area contributed by atoms with Gasteiger partial charge in [-0.1, -0.05) is 0 Å². The van der Waals surface area contributed by atoms with Crippen LogP contribution in [-0.2, 0) is 0 Å². The fourth-order valence-electron chi connectivity index (χ4n) is 0.556. The van der Waals surface area contributed by atoms with E-state index in [4.69, 9.17) is 0 Å². The van der Waals surface area contributed by atoms with Crippen molar-refractivity contribution in [3.63, 3.8) is 0 Å². The van der Waals surface area contributed by atoms with E-state index in [0.717, 1.165) is 10.2 Å². The normalized spacial score (nSPS) is 11.9. The highest BCUT2D eigenvalue weighted by molar-refractivity contribution is 5.33. The van der Waals surface area contributed by atoms with Gasteiger partial charge in [-0.2, -0.15) is 5.10 Å². The van der Waals surface area contributed by atoms with Crippen LogP contribution in [0.4, 0.5) is 5.69 Å². The summed E-state index contributed by atoms with van der Waals surface area (Å²) in [5.74, 6) is 0. The van der Waals surface area contributed by atoms with E-state index in [-0.39, 0.29) is 0 Å². The lowest BCUT2D eigenvalue weighted by Gasteiger charge is -2.19. The molecule has 0 spiro atoms. The zero-order chi connectivity index (χ0) is 6.91. The molecule has 0 fully saturated rings. The largest absolute Gasteiger partial charge is 0.295 e. The highest BCUT2D eigenvalue weighted by Gasteiger charge is 2.12. The van der Waals surface area contributed by atoms with Crippen molar-refractivity contribution in [3.05, 3.63) is 12.4 Å². The van der Waals surface area contributed by atoms with E-state index in [1.54, 1.807) is 6.20 Å². The van der Waals surface area contributed by atoms with Gasteiger partial charge in [0.05, 0.1) is 21.1 Å². The van der Waals surface area contributed by atoms with E-state index in [0.29, 0.717) is 0 Å². The topological polar surface area (TPSA) is 28.7 Å². The summed E-state index contributed by atoms with van der Waals surface area (Å²) < 4.78 is 0.760. The van der Waals surface area contributed by atoms with Gasteiger partial charge in [0.15, 0.2) is 11.9 Å². The molecular formula is C6H11N3+. The number of hydrogen-bond donors (Lipinski definition) is 1. The fraction of sp³-hybridized carbons (Fsp3) is 0.500. The number of aromatic nitrogens is 2. The molecule has 1 aromatic rings. The molecule has 1 radical (unpaired) electrons. The van der Waals surface area contributed by atoms with Crippen molar-refractivity contribution in [2.45, 2.75) is 0 Å². The van der Waals surface area contributed by atoms with Crippen molar-refractivity contribution in [1.29, 1.82) is 0 Å². The Morgan fingerprint density at radius 2 is 2.22 bits per heavy atom. The number of H-pyrrole nitrogens is 1. The Kier molecular flexibility index (Phi) is 1.29. The fourth-order valence-corrected chi connectivity index (χ4v) is 0.556. The summed E-state index contributed by atoms with van der Waals surface area (Å²) in [5, 5.41) is 6.44. The maximum atomic E-state index is 3.79. The minimum absolute atomic E-state index is 0.760. The van der Waals surface area contributed by atoms with Crippen LogP contribution in [0.2, 0.25) is 0 Å². The van der Waals surface area contributed by atoms with E-state index >= 15 is 0 Å². The maximum absolute atomic E-state index is 3.79. The highest BCUT2D eigenvalue weighted by atomic mass is 15.3. The molecule has 1 aromatic heterocycles. The summed E-state index contributed by atoms with van der Waals surface area (Å²) in [6, 6.07) is 0. The van der Waals surface area contributed by atoms with E-state index in [1.165, 1.54) is 0 Å².